The van der Waals surface area contributed by atoms with E-state index in [1.165, 1.54) is 15.8 Å². The molecule has 6 atom stereocenters. The number of piperazine rings is 1. The highest BCUT2D eigenvalue weighted by atomic mass is 16.7. The molecular formula is C31H39N5O5. The second-order valence-electron chi connectivity index (χ2n) is 13.1. The van der Waals surface area contributed by atoms with Gasteiger partial charge in [0.1, 0.15) is 12.1 Å². The first-order chi connectivity index (χ1) is 19.5. The van der Waals surface area contributed by atoms with Gasteiger partial charge < -0.3 is 20.3 Å². The first kappa shape index (κ1) is 26.7. The fourth-order valence-corrected chi connectivity index (χ4v) is 7.97. The van der Waals surface area contributed by atoms with Crippen molar-refractivity contribution in [2.45, 2.75) is 76.7 Å². The molecule has 1 aromatic heterocycles. The summed E-state index contributed by atoms with van der Waals surface area (Å²) >= 11 is 0. The lowest BCUT2D eigenvalue weighted by atomic mass is 9.79. The van der Waals surface area contributed by atoms with E-state index in [-0.39, 0.29) is 23.8 Å². The van der Waals surface area contributed by atoms with Gasteiger partial charge in [0.15, 0.2) is 0 Å². The number of carbonyl (C=O) groups is 3. The summed E-state index contributed by atoms with van der Waals surface area (Å²) in [5.74, 6) is -4.36. The van der Waals surface area contributed by atoms with E-state index in [0.29, 0.717) is 25.9 Å². The minimum absolute atomic E-state index is 0.150. The van der Waals surface area contributed by atoms with Crippen LogP contribution < -0.4 is 5.32 Å². The van der Waals surface area contributed by atoms with Crippen LogP contribution in [0.1, 0.15) is 51.7 Å². The lowest BCUT2D eigenvalue weighted by Crippen LogP contribution is -2.72. The quantitative estimate of drug-likeness (QED) is 0.526. The number of rotatable bonds is 4. The number of amides is 3. The van der Waals surface area contributed by atoms with Gasteiger partial charge in [-0.3, -0.25) is 28.9 Å². The second kappa shape index (κ2) is 8.89. The van der Waals surface area contributed by atoms with Gasteiger partial charge in [-0.15, -0.1) is 0 Å². The molecule has 218 valence electrons. The number of nitrogens with zero attached hydrogens (tertiary/aromatic N) is 3. The predicted molar refractivity (Wildman–Crippen MR) is 152 cm³/mol. The summed E-state index contributed by atoms with van der Waals surface area (Å²) in [4.78, 5) is 50.4. The number of fused-ring (bicyclic) bond motifs is 5. The number of ether oxygens (including phenoxy) is 1. The minimum atomic E-state index is -2.01. The van der Waals surface area contributed by atoms with E-state index < -0.39 is 41.5 Å². The van der Waals surface area contributed by atoms with E-state index in [1.807, 2.05) is 33.0 Å². The van der Waals surface area contributed by atoms with Crippen LogP contribution in [0.3, 0.4) is 0 Å². The summed E-state index contributed by atoms with van der Waals surface area (Å²) in [6.07, 6.45) is 6.21. The van der Waals surface area contributed by atoms with Gasteiger partial charge in [0.2, 0.25) is 17.5 Å². The molecule has 5 heterocycles. The first-order valence-corrected chi connectivity index (χ1v) is 14.9. The van der Waals surface area contributed by atoms with Crippen LogP contribution in [0.25, 0.3) is 16.5 Å². The molecule has 0 bridgehead atoms. The summed E-state index contributed by atoms with van der Waals surface area (Å²) in [6, 6.07) is 4.80. The maximum absolute atomic E-state index is 14.3. The summed E-state index contributed by atoms with van der Waals surface area (Å²) in [5, 5.41) is 16.2. The number of nitrogens with one attached hydrogen (secondary N) is 2. The molecule has 1 aromatic carbocycles. The number of H-pyrrole nitrogens is 1. The van der Waals surface area contributed by atoms with Crippen molar-refractivity contribution < 1.29 is 24.2 Å². The molecule has 3 saturated heterocycles. The van der Waals surface area contributed by atoms with Gasteiger partial charge in [0.25, 0.3) is 11.8 Å². The van der Waals surface area contributed by atoms with Crippen molar-refractivity contribution in [1.82, 2.24) is 25.0 Å². The number of hydrogen-bond donors (Lipinski definition) is 3. The summed E-state index contributed by atoms with van der Waals surface area (Å²) in [7, 11) is 2.03. The molecular weight excluding hydrogens is 522 g/mol. The molecule has 0 spiro atoms. The molecule has 3 amide bonds. The molecule has 0 saturated carbocycles. The molecule has 7 rings (SSSR count). The van der Waals surface area contributed by atoms with Crippen LogP contribution in [0, 0.1) is 17.8 Å². The number of aromatic amines is 1. The molecule has 3 fully saturated rings. The zero-order valence-corrected chi connectivity index (χ0v) is 24.3. The van der Waals surface area contributed by atoms with Gasteiger partial charge in [-0.05, 0) is 55.0 Å². The molecule has 1 aliphatic carbocycles. The summed E-state index contributed by atoms with van der Waals surface area (Å²) in [5.41, 5.74) is 2.78. The lowest BCUT2D eigenvalue weighted by molar-refractivity contribution is -0.323. The van der Waals surface area contributed by atoms with Crippen LogP contribution in [0.2, 0.25) is 0 Å². The molecule has 0 radical (unpaired) electrons. The number of carbonyl (C=O) groups excluding carboxylic acids is 3. The fourth-order valence-electron chi connectivity index (χ4n) is 7.97. The van der Waals surface area contributed by atoms with Gasteiger partial charge in [0, 0.05) is 42.1 Å². The Hall–Kier alpha value is -3.21. The van der Waals surface area contributed by atoms with Crippen LogP contribution in [0.4, 0.5) is 0 Å². The Kier molecular flexibility index (Phi) is 5.79. The van der Waals surface area contributed by atoms with E-state index in [0.717, 1.165) is 23.1 Å². The highest BCUT2D eigenvalue weighted by molar-refractivity contribution is 6.01. The summed E-state index contributed by atoms with van der Waals surface area (Å²) < 4.78 is 6.40. The van der Waals surface area contributed by atoms with Gasteiger partial charge >= 0.3 is 0 Å². The number of aromatic nitrogens is 1. The zero-order valence-electron chi connectivity index (χ0n) is 24.3. The number of likely N-dealkylation sites (N-methyl/N-ethyl adjacent to an activating group) is 1. The van der Waals surface area contributed by atoms with E-state index in [2.05, 4.69) is 33.5 Å². The molecule has 10 heteroatoms. The van der Waals surface area contributed by atoms with Crippen LogP contribution in [-0.4, -0.2) is 92.4 Å². The Bertz CT molecular complexity index is 1500. The minimum Gasteiger partial charge on any atom is -0.361 e. The van der Waals surface area contributed by atoms with Gasteiger partial charge in [-0.1, -0.05) is 45.9 Å². The molecule has 5 aliphatic rings. The third-order valence-electron chi connectivity index (χ3n) is 10.1. The highest BCUT2D eigenvalue weighted by Gasteiger charge is 2.72. The normalized spacial score (nSPS) is 34.8. The van der Waals surface area contributed by atoms with E-state index >= 15 is 0 Å². The third-order valence-corrected chi connectivity index (χ3v) is 10.1. The molecule has 41 heavy (non-hydrogen) atoms. The van der Waals surface area contributed by atoms with Crippen molar-refractivity contribution in [2.75, 3.05) is 20.1 Å². The fraction of sp³-hybridized carbons (Fsp3) is 0.581. The molecule has 2 aromatic rings. The van der Waals surface area contributed by atoms with Crippen molar-refractivity contribution in [1.29, 1.82) is 0 Å². The number of aliphatic hydroxyl groups is 1. The Morgan fingerprint density at radius 1 is 1.22 bits per heavy atom. The smallest absolute Gasteiger partial charge is 0.281 e. The first-order valence-electron chi connectivity index (χ1n) is 14.9. The van der Waals surface area contributed by atoms with E-state index in [1.54, 1.807) is 18.7 Å². The maximum Gasteiger partial charge on any atom is 0.281 e. The predicted octanol–water partition coefficient (Wildman–Crippen LogP) is 2.04. The SMILES string of the molecule is CC(C)[C@@H]1C(=O)N2CCC[C@H]2[C@@]2(O)O[C@@](NC(=O)[C@H]3C=C4c5cccc6[nH]cc(c56)C[C@H]4N(C)C3)(C(C)C)C(=O)N12. The van der Waals surface area contributed by atoms with Crippen LogP contribution in [-0.2, 0) is 25.5 Å². The third kappa shape index (κ3) is 3.50. The van der Waals surface area contributed by atoms with E-state index in [9.17, 15) is 19.5 Å². The standard InChI is InChI=1S/C31H39N5O5/c1-16(2)26-28(38)35-11-7-10-24(35)31(40)36(26)29(39)30(41-31,17(3)4)33-27(37)19-12-21-20-8-6-9-22-25(20)18(14-32-22)13-23(21)34(5)15-19/h6,8-9,12,14,16-17,19,23-24,26,32,40H,7,10-11,13,15H2,1-5H3,(H,33,37)/t19-,23+,24-,26+,30-,31+/m0/s1. The monoisotopic (exact) mass is 561 g/mol. The average molecular weight is 562 g/mol. The Morgan fingerprint density at radius 2 is 2.00 bits per heavy atom. The Morgan fingerprint density at radius 3 is 2.73 bits per heavy atom. The van der Waals surface area contributed by atoms with Crippen molar-refractivity contribution >= 4 is 34.2 Å². The van der Waals surface area contributed by atoms with E-state index in [4.69, 9.17) is 4.74 Å². The molecule has 0 unspecified atom stereocenters. The molecule has 4 aliphatic heterocycles. The molecule has 10 nitrogen and oxygen atoms in total. The molecule has 3 N–H and O–H groups in total. The number of benzene rings is 1. The maximum atomic E-state index is 14.3. The topological polar surface area (TPSA) is 118 Å². The Labute approximate surface area is 239 Å². The largest absolute Gasteiger partial charge is 0.361 e. The Balaban J connectivity index is 1.25. The highest BCUT2D eigenvalue weighted by Crippen LogP contribution is 2.49. The van der Waals surface area contributed by atoms with Gasteiger partial charge in [-0.25, -0.2) is 0 Å². The van der Waals surface area contributed by atoms with Gasteiger partial charge in [0.05, 0.1) is 5.92 Å². The zero-order chi connectivity index (χ0) is 29.0. The van der Waals surface area contributed by atoms with Crippen LogP contribution in [0.5, 0.6) is 0 Å². The van der Waals surface area contributed by atoms with Crippen molar-refractivity contribution in [3.8, 4) is 0 Å². The lowest BCUT2D eigenvalue weighted by Gasteiger charge is -2.49. The number of hydrogen-bond acceptors (Lipinski definition) is 6. The van der Waals surface area contributed by atoms with Gasteiger partial charge in [-0.2, -0.15) is 0 Å². The average Bonchev–Trinajstić information content (AvgIpc) is 3.64. The summed E-state index contributed by atoms with van der Waals surface area (Å²) in [6.45, 7) is 8.32. The van der Waals surface area contributed by atoms with Crippen LogP contribution >= 0.6 is 0 Å². The van der Waals surface area contributed by atoms with Crippen molar-refractivity contribution in [3.63, 3.8) is 0 Å². The second-order valence-corrected chi connectivity index (χ2v) is 13.1. The van der Waals surface area contributed by atoms with Crippen LogP contribution in [0.15, 0.2) is 30.5 Å². The van der Waals surface area contributed by atoms with Crippen molar-refractivity contribution in [3.05, 3.63) is 41.6 Å². The van der Waals surface area contributed by atoms with Crippen molar-refractivity contribution in [2.24, 2.45) is 17.8 Å².